The molecule has 2 N–H and O–H groups in total. The lowest BCUT2D eigenvalue weighted by atomic mass is 9.83. The maximum absolute atomic E-state index is 12.8. The summed E-state index contributed by atoms with van der Waals surface area (Å²) in [5, 5.41) is 12.6. The van der Waals surface area contributed by atoms with E-state index in [0.717, 1.165) is 5.56 Å². The molecule has 0 radical (unpaired) electrons. The number of hydrogen-bond donors (Lipinski definition) is 2. The first-order chi connectivity index (χ1) is 11.7. The van der Waals surface area contributed by atoms with E-state index < -0.39 is 11.4 Å². The summed E-state index contributed by atoms with van der Waals surface area (Å²) in [6.07, 6.45) is 0. The predicted molar refractivity (Wildman–Crippen MR) is 97.2 cm³/mol. The highest BCUT2D eigenvalue weighted by Crippen LogP contribution is 2.28. The van der Waals surface area contributed by atoms with E-state index in [-0.39, 0.29) is 18.1 Å². The van der Waals surface area contributed by atoms with Crippen LogP contribution in [0.15, 0.2) is 42.5 Å². The summed E-state index contributed by atoms with van der Waals surface area (Å²) in [5.74, 6) is -1.33. The minimum atomic E-state index is -1.07. The number of anilines is 1. The molecule has 0 saturated heterocycles. The minimum absolute atomic E-state index is 0.0883. The van der Waals surface area contributed by atoms with Gasteiger partial charge >= 0.3 is 5.97 Å². The van der Waals surface area contributed by atoms with Gasteiger partial charge in [-0.3, -0.25) is 4.79 Å². The van der Waals surface area contributed by atoms with Crippen molar-refractivity contribution in [1.29, 1.82) is 0 Å². The number of aromatic carboxylic acids is 1. The number of amides is 1. The predicted octanol–water partition coefficient (Wildman–Crippen LogP) is 4.10. The normalized spacial score (nSPS) is 11.2. The highest BCUT2D eigenvalue weighted by Gasteiger charge is 2.30. The lowest BCUT2D eigenvalue weighted by Gasteiger charge is -2.24. The molecule has 132 valence electrons. The van der Waals surface area contributed by atoms with Crippen LogP contribution in [0.3, 0.4) is 0 Å². The van der Waals surface area contributed by atoms with Gasteiger partial charge in [0.25, 0.3) is 0 Å². The number of ether oxygens (including phenoxy) is 1. The quantitative estimate of drug-likeness (QED) is 0.812. The number of carbonyl (C=O) groups is 2. The van der Waals surface area contributed by atoms with Crippen molar-refractivity contribution in [3.63, 3.8) is 0 Å². The zero-order valence-corrected chi connectivity index (χ0v) is 15.1. The summed E-state index contributed by atoms with van der Waals surface area (Å²) in [6, 6.07) is 11.7. The third-order valence-electron chi connectivity index (χ3n) is 3.92. The van der Waals surface area contributed by atoms with Crippen LogP contribution in [0, 0.1) is 0 Å². The highest BCUT2D eigenvalue weighted by atomic mass is 35.5. The van der Waals surface area contributed by atoms with Crippen LogP contribution in [0.1, 0.15) is 35.3 Å². The fraction of sp³-hybridized carbons (Fsp3) is 0.263. The van der Waals surface area contributed by atoms with E-state index in [4.69, 9.17) is 16.3 Å². The van der Waals surface area contributed by atoms with E-state index in [0.29, 0.717) is 16.3 Å². The zero-order chi connectivity index (χ0) is 18.6. The van der Waals surface area contributed by atoms with E-state index in [1.807, 2.05) is 6.07 Å². The standard InChI is InChI=1S/C19H20ClNO4/c1-19(2,14-5-4-6-15(20)10-14)18(24)21-16-8-12(11-25-3)7-13(9-16)17(22)23/h4-10H,11H2,1-3H3,(H,21,24)(H,22,23). The highest BCUT2D eigenvalue weighted by molar-refractivity contribution is 6.30. The smallest absolute Gasteiger partial charge is 0.335 e. The number of benzene rings is 2. The molecule has 1 amide bonds. The van der Waals surface area contributed by atoms with Gasteiger partial charge < -0.3 is 15.2 Å². The van der Waals surface area contributed by atoms with Crippen molar-refractivity contribution in [3.05, 3.63) is 64.2 Å². The number of carboxylic acid groups (broad SMARTS) is 1. The number of carboxylic acids is 1. The van der Waals surface area contributed by atoms with Crippen LogP contribution >= 0.6 is 11.6 Å². The first-order valence-electron chi connectivity index (χ1n) is 7.67. The van der Waals surface area contributed by atoms with Gasteiger partial charge in [-0.1, -0.05) is 23.7 Å². The molecule has 0 aliphatic carbocycles. The first-order valence-corrected chi connectivity index (χ1v) is 8.05. The van der Waals surface area contributed by atoms with Crippen molar-refractivity contribution in [3.8, 4) is 0 Å². The molecule has 0 spiro atoms. The Balaban J connectivity index is 2.31. The number of rotatable bonds is 6. The fourth-order valence-corrected chi connectivity index (χ4v) is 2.62. The molecule has 6 heteroatoms. The zero-order valence-electron chi connectivity index (χ0n) is 14.3. The molecule has 0 saturated carbocycles. The molecule has 0 bridgehead atoms. The lowest BCUT2D eigenvalue weighted by Crippen LogP contribution is -2.34. The van der Waals surface area contributed by atoms with Crippen LogP contribution in [0.25, 0.3) is 0 Å². The molecule has 25 heavy (non-hydrogen) atoms. The molecule has 0 aromatic heterocycles. The Hall–Kier alpha value is -2.37. The van der Waals surface area contributed by atoms with Crippen molar-refractivity contribution in [2.24, 2.45) is 0 Å². The van der Waals surface area contributed by atoms with Crippen LogP contribution in [0.2, 0.25) is 5.02 Å². The number of nitrogens with one attached hydrogen (secondary N) is 1. The number of halogens is 1. The van der Waals surface area contributed by atoms with E-state index in [1.165, 1.54) is 19.2 Å². The molecule has 0 heterocycles. The monoisotopic (exact) mass is 361 g/mol. The number of methoxy groups -OCH3 is 1. The van der Waals surface area contributed by atoms with E-state index in [1.54, 1.807) is 38.1 Å². The van der Waals surface area contributed by atoms with Crippen LogP contribution in [-0.2, 0) is 21.6 Å². The molecule has 0 fully saturated rings. The molecule has 0 atom stereocenters. The molecule has 0 aliphatic rings. The molecule has 0 aliphatic heterocycles. The van der Waals surface area contributed by atoms with Crippen molar-refractivity contribution in [2.75, 3.05) is 12.4 Å². The summed E-state index contributed by atoms with van der Waals surface area (Å²) < 4.78 is 5.05. The minimum Gasteiger partial charge on any atom is -0.478 e. The third kappa shape index (κ3) is 4.59. The van der Waals surface area contributed by atoms with Gasteiger partial charge in [0.05, 0.1) is 17.6 Å². The fourth-order valence-electron chi connectivity index (χ4n) is 2.43. The summed E-state index contributed by atoms with van der Waals surface area (Å²) in [6.45, 7) is 3.82. The van der Waals surface area contributed by atoms with Crippen LogP contribution in [0.5, 0.6) is 0 Å². The van der Waals surface area contributed by atoms with Gasteiger partial charge in [-0.05, 0) is 55.3 Å². The average Bonchev–Trinajstić information content (AvgIpc) is 2.54. The Kier molecular flexibility index (Phi) is 5.82. The summed E-state index contributed by atoms with van der Waals surface area (Å²) in [4.78, 5) is 24.0. The third-order valence-corrected chi connectivity index (χ3v) is 4.16. The molecular formula is C19H20ClNO4. The van der Waals surface area contributed by atoms with E-state index in [9.17, 15) is 14.7 Å². The van der Waals surface area contributed by atoms with Crippen LogP contribution in [-0.4, -0.2) is 24.1 Å². The van der Waals surface area contributed by atoms with Gasteiger partial charge in [-0.15, -0.1) is 0 Å². The van der Waals surface area contributed by atoms with Gasteiger partial charge in [0.15, 0.2) is 0 Å². The van der Waals surface area contributed by atoms with Crippen molar-refractivity contribution < 1.29 is 19.4 Å². The van der Waals surface area contributed by atoms with Crippen LogP contribution < -0.4 is 5.32 Å². The summed E-state index contributed by atoms with van der Waals surface area (Å²) in [5.41, 5.74) is 1.09. The Morgan fingerprint density at radius 2 is 1.92 bits per heavy atom. The van der Waals surface area contributed by atoms with Crippen molar-refractivity contribution >= 4 is 29.2 Å². The first kappa shape index (κ1) is 19.0. The second-order valence-electron chi connectivity index (χ2n) is 6.25. The molecule has 2 rings (SSSR count). The topological polar surface area (TPSA) is 75.6 Å². The molecule has 0 unspecified atom stereocenters. The molecule has 2 aromatic rings. The largest absolute Gasteiger partial charge is 0.478 e. The summed E-state index contributed by atoms with van der Waals surface area (Å²) in [7, 11) is 1.52. The second kappa shape index (κ2) is 7.68. The Bertz CT molecular complexity index is 802. The summed E-state index contributed by atoms with van der Waals surface area (Å²) >= 11 is 6.02. The maximum Gasteiger partial charge on any atom is 0.335 e. The van der Waals surface area contributed by atoms with Gasteiger partial charge in [-0.25, -0.2) is 4.79 Å². The molecule has 2 aromatic carbocycles. The molecular weight excluding hydrogens is 342 g/mol. The van der Waals surface area contributed by atoms with Gasteiger partial charge in [0, 0.05) is 17.8 Å². The Morgan fingerprint density at radius 1 is 1.20 bits per heavy atom. The Morgan fingerprint density at radius 3 is 2.52 bits per heavy atom. The second-order valence-corrected chi connectivity index (χ2v) is 6.68. The van der Waals surface area contributed by atoms with Gasteiger partial charge in [-0.2, -0.15) is 0 Å². The van der Waals surface area contributed by atoms with Crippen molar-refractivity contribution in [1.82, 2.24) is 0 Å². The lowest BCUT2D eigenvalue weighted by molar-refractivity contribution is -0.120. The van der Waals surface area contributed by atoms with Gasteiger partial charge in [0.1, 0.15) is 0 Å². The van der Waals surface area contributed by atoms with Gasteiger partial charge in [0.2, 0.25) is 5.91 Å². The average molecular weight is 362 g/mol. The van der Waals surface area contributed by atoms with E-state index >= 15 is 0 Å². The Labute approximate surface area is 151 Å². The molecule has 5 nitrogen and oxygen atoms in total. The number of hydrogen-bond acceptors (Lipinski definition) is 3. The van der Waals surface area contributed by atoms with Crippen molar-refractivity contribution in [2.45, 2.75) is 25.9 Å². The SMILES string of the molecule is COCc1cc(NC(=O)C(C)(C)c2cccc(Cl)c2)cc(C(=O)O)c1. The number of carbonyl (C=O) groups excluding carboxylic acids is 1. The van der Waals surface area contributed by atoms with Crippen LogP contribution in [0.4, 0.5) is 5.69 Å². The maximum atomic E-state index is 12.8. The van der Waals surface area contributed by atoms with E-state index in [2.05, 4.69) is 5.32 Å².